The third-order valence-corrected chi connectivity index (χ3v) is 7.68. The van der Waals surface area contributed by atoms with E-state index in [0.717, 1.165) is 23.8 Å². The Balaban J connectivity index is 1.46. The summed E-state index contributed by atoms with van der Waals surface area (Å²) < 4.78 is 40.7. The van der Waals surface area contributed by atoms with Crippen LogP contribution < -0.4 is 4.90 Å². The summed E-state index contributed by atoms with van der Waals surface area (Å²) in [6.45, 7) is 0. The molecule has 2 aromatic rings. The highest BCUT2D eigenvalue weighted by atomic mass is 19.4. The van der Waals surface area contributed by atoms with Gasteiger partial charge in [-0.05, 0) is 79.0 Å². The molecule has 30 heavy (non-hydrogen) atoms. The zero-order valence-electron chi connectivity index (χ0n) is 16.7. The van der Waals surface area contributed by atoms with Gasteiger partial charge in [-0.15, -0.1) is 0 Å². The predicted molar refractivity (Wildman–Crippen MR) is 108 cm³/mol. The third-order valence-electron chi connectivity index (χ3n) is 7.68. The minimum atomic E-state index is -4.68. The van der Waals surface area contributed by atoms with Gasteiger partial charge in [0.1, 0.15) is 0 Å². The molecule has 6 rings (SSSR count). The van der Waals surface area contributed by atoms with Crippen LogP contribution in [-0.4, -0.2) is 12.0 Å². The molecule has 4 aliphatic carbocycles. The van der Waals surface area contributed by atoms with Crippen LogP contribution in [0.2, 0.25) is 0 Å². The molecule has 158 valence electrons. The Morgan fingerprint density at radius 3 is 2.23 bits per heavy atom. The molecule has 0 spiro atoms. The van der Waals surface area contributed by atoms with Crippen molar-refractivity contribution < 1.29 is 18.1 Å². The number of benzene rings is 2. The van der Waals surface area contributed by atoms with Crippen LogP contribution in [-0.2, 0) is 11.6 Å². The van der Waals surface area contributed by atoms with Crippen LogP contribution in [0.15, 0.2) is 42.5 Å². The lowest BCUT2D eigenvalue weighted by atomic mass is 9.71. The van der Waals surface area contributed by atoms with Crippen molar-refractivity contribution in [3.63, 3.8) is 0 Å². The molecule has 0 aliphatic heterocycles. The highest BCUT2D eigenvalue weighted by Crippen LogP contribution is 2.66. The smallest absolute Gasteiger partial charge is 0.344 e. The van der Waals surface area contributed by atoms with Gasteiger partial charge in [-0.3, -0.25) is 10.1 Å². The summed E-state index contributed by atoms with van der Waals surface area (Å²) in [6, 6.07) is 10.8. The van der Waals surface area contributed by atoms with Crippen LogP contribution in [0.1, 0.15) is 43.2 Å². The van der Waals surface area contributed by atoms with Gasteiger partial charge < -0.3 is 4.90 Å². The van der Waals surface area contributed by atoms with E-state index in [2.05, 4.69) is 12.1 Å². The number of halogens is 3. The fourth-order valence-electron chi connectivity index (χ4n) is 6.58. The summed E-state index contributed by atoms with van der Waals surface area (Å²) in [7, 11) is 1.56. The van der Waals surface area contributed by atoms with Crippen molar-refractivity contribution in [3.05, 3.63) is 63.7 Å². The van der Waals surface area contributed by atoms with E-state index in [4.69, 9.17) is 0 Å². The quantitative estimate of drug-likeness (QED) is 0.424. The Kier molecular flexibility index (Phi) is 4.18. The highest BCUT2D eigenvalue weighted by molar-refractivity contribution is 5.68. The molecule has 2 atom stereocenters. The lowest BCUT2D eigenvalue weighted by molar-refractivity contribution is -0.385. The predicted octanol–water partition coefficient (Wildman–Crippen LogP) is 6.46. The molecule has 0 aromatic heterocycles. The second-order valence-corrected chi connectivity index (χ2v) is 9.26. The van der Waals surface area contributed by atoms with E-state index >= 15 is 0 Å². The molecule has 0 amide bonds. The van der Waals surface area contributed by atoms with Gasteiger partial charge in [0.15, 0.2) is 0 Å². The van der Waals surface area contributed by atoms with Crippen molar-refractivity contribution >= 4 is 17.1 Å². The molecule has 0 N–H and O–H groups in total. The number of hydrogen-bond donors (Lipinski definition) is 0. The highest BCUT2D eigenvalue weighted by Gasteiger charge is 2.58. The van der Waals surface area contributed by atoms with E-state index in [1.807, 2.05) is 12.1 Å². The van der Waals surface area contributed by atoms with Crippen molar-refractivity contribution in [2.24, 2.45) is 17.8 Å². The average molecular weight is 416 g/mol. The summed E-state index contributed by atoms with van der Waals surface area (Å²) in [5, 5.41) is 10.9. The van der Waals surface area contributed by atoms with Crippen LogP contribution in [0.3, 0.4) is 0 Å². The largest absolute Gasteiger partial charge is 0.418 e. The Morgan fingerprint density at radius 2 is 1.67 bits per heavy atom. The summed E-state index contributed by atoms with van der Waals surface area (Å²) in [4.78, 5) is 11.6. The number of non-ortho nitro benzene ring substituents is 1. The van der Waals surface area contributed by atoms with Gasteiger partial charge >= 0.3 is 6.18 Å². The Labute approximate surface area is 172 Å². The van der Waals surface area contributed by atoms with E-state index in [0.29, 0.717) is 11.8 Å². The maximum atomic E-state index is 13.6. The molecule has 7 heteroatoms. The van der Waals surface area contributed by atoms with Gasteiger partial charge in [-0.1, -0.05) is 12.1 Å². The lowest BCUT2D eigenvalue weighted by Gasteiger charge is -2.34. The van der Waals surface area contributed by atoms with Crippen LogP contribution in [0.4, 0.5) is 30.2 Å². The van der Waals surface area contributed by atoms with Crippen molar-refractivity contribution in [2.75, 3.05) is 11.9 Å². The zero-order chi connectivity index (χ0) is 21.3. The first-order chi connectivity index (χ1) is 14.2. The van der Waals surface area contributed by atoms with E-state index in [9.17, 15) is 23.3 Å². The Hall–Kier alpha value is -2.57. The van der Waals surface area contributed by atoms with Gasteiger partial charge in [-0.2, -0.15) is 13.2 Å². The van der Waals surface area contributed by atoms with Gasteiger partial charge in [0, 0.05) is 24.9 Å². The fraction of sp³-hybridized carbons (Fsp3) is 0.478. The standard InChI is InChI=1S/C23H23F3N2O2/c1-27(21-7-6-19(28(29)30)11-20(21)23(24,25)26)18-4-2-16(3-5-18)22-12-14-8-15(13-22)10-17(22)9-14/h2-7,11,14-15,17H,8-10,12-13H2,1H3. The molecule has 4 fully saturated rings. The molecule has 2 unspecified atom stereocenters. The van der Waals surface area contributed by atoms with Crippen molar-refractivity contribution in [1.82, 2.24) is 0 Å². The summed E-state index contributed by atoms with van der Waals surface area (Å²) >= 11 is 0. The molecule has 4 bridgehead atoms. The molecule has 4 aliphatic rings. The average Bonchev–Trinajstić information content (AvgIpc) is 3.11. The number of hydrogen-bond acceptors (Lipinski definition) is 3. The Morgan fingerprint density at radius 1 is 1.03 bits per heavy atom. The Bertz CT molecular complexity index is 988. The number of alkyl halides is 3. The summed E-state index contributed by atoms with van der Waals surface area (Å²) in [6.07, 6.45) is 1.79. The van der Waals surface area contributed by atoms with Crippen molar-refractivity contribution in [2.45, 2.75) is 43.7 Å². The molecule has 0 heterocycles. The zero-order valence-corrected chi connectivity index (χ0v) is 16.7. The molecule has 0 radical (unpaired) electrons. The number of nitrogens with zero attached hydrogens (tertiary/aromatic N) is 2. The number of nitro groups is 1. The third kappa shape index (κ3) is 2.89. The van der Waals surface area contributed by atoms with Crippen LogP contribution in [0, 0.1) is 27.9 Å². The van der Waals surface area contributed by atoms with E-state index in [1.165, 1.54) is 48.6 Å². The SMILES string of the molecule is CN(c1ccc(C23CC4CC(CC2C4)C3)cc1)c1ccc([N+](=O)[O-])cc1C(F)(F)F. The van der Waals surface area contributed by atoms with Crippen molar-refractivity contribution in [1.29, 1.82) is 0 Å². The molecule has 0 saturated heterocycles. The first-order valence-electron chi connectivity index (χ1n) is 10.4. The fourth-order valence-corrected chi connectivity index (χ4v) is 6.58. The van der Waals surface area contributed by atoms with Gasteiger partial charge in [0.05, 0.1) is 16.2 Å². The van der Waals surface area contributed by atoms with E-state index in [-0.39, 0.29) is 11.1 Å². The van der Waals surface area contributed by atoms with E-state index < -0.39 is 22.4 Å². The first kappa shape index (κ1) is 19.4. The summed E-state index contributed by atoms with van der Waals surface area (Å²) in [5.41, 5.74) is 0.533. The number of nitro benzene ring substituents is 1. The maximum absolute atomic E-state index is 13.6. The molecule has 2 aromatic carbocycles. The first-order valence-corrected chi connectivity index (χ1v) is 10.4. The number of rotatable bonds is 4. The van der Waals surface area contributed by atoms with E-state index in [1.54, 1.807) is 7.05 Å². The van der Waals surface area contributed by atoms with Crippen LogP contribution in [0.25, 0.3) is 0 Å². The minimum Gasteiger partial charge on any atom is -0.344 e. The summed E-state index contributed by atoms with van der Waals surface area (Å²) in [5.74, 6) is 2.41. The second-order valence-electron chi connectivity index (χ2n) is 9.26. The van der Waals surface area contributed by atoms with Crippen LogP contribution in [0.5, 0.6) is 0 Å². The minimum absolute atomic E-state index is 0.0973. The number of anilines is 2. The molecular formula is C23H23F3N2O2. The van der Waals surface area contributed by atoms with Crippen LogP contribution >= 0.6 is 0 Å². The molecular weight excluding hydrogens is 393 g/mol. The normalized spacial score (nSPS) is 29.4. The topological polar surface area (TPSA) is 46.4 Å². The lowest BCUT2D eigenvalue weighted by Crippen LogP contribution is -2.27. The molecule has 4 saturated carbocycles. The second kappa shape index (κ2) is 6.46. The monoisotopic (exact) mass is 416 g/mol. The van der Waals surface area contributed by atoms with Gasteiger partial charge in [0.25, 0.3) is 5.69 Å². The van der Waals surface area contributed by atoms with Gasteiger partial charge in [0.2, 0.25) is 0 Å². The van der Waals surface area contributed by atoms with Gasteiger partial charge in [-0.25, -0.2) is 0 Å². The molecule has 4 nitrogen and oxygen atoms in total. The maximum Gasteiger partial charge on any atom is 0.418 e. The van der Waals surface area contributed by atoms with Crippen molar-refractivity contribution in [3.8, 4) is 0 Å².